The molecule has 2 aromatic carbocycles. The standard InChI is InChI=1S/C23H21N5O3S/c1-32-11-10-17(22-26-15-7-3-4-8-16(15)27-22)25-19(29)12-28-13-24-20-14-6-2-5-9-18(14)31-21(20)23(28)30/h2-9,13,17H,10-12H2,1H3,(H,25,29)(H,26,27). The molecule has 5 aromatic rings. The third-order valence-electron chi connectivity index (χ3n) is 5.35. The van der Waals surface area contributed by atoms with E-state index in [2.05, 4.69) is 20.3 Å². The van der Waals surface area contributed by atoms with Crippen molar-refractivity contribution >= 4 is 50.8 Å². The topological polar surface area (TPSA) is 106 Å². The van der Waals surface area contributed by atoms with Gasteiger partial charge in [0.1, 0.15) is 23.5 Å². The number of hydrogen-bond acceptors (Lipinski definition) is 6. The first kappa shape index (κ1) is 20.3. The van der Waals surface area contributed by atoms with Gasteiger partial charge < -0.3 is 14.7 Å². The second-order valence-corrected chi connectivity index (χ2v) is 8.48. The van der Waals surface area contributed by atoms with Crippen LogP contribution in [0.1, 0.15) is 18.3 Å². The van der Waals surface area contributed by atoms with Crippen LogP contribution in [0.3, 0.4) is 0 Å². The van der Waals surface area contributed by atoms with Crippen molar-refractivity contribution in [3.05, 3.63) is 71.0 Å². The summed E-state index contributed by atoms with van der Waals surface area (Å²) in [7, 11) is 0. The number of para-hydroxylation sites is 3. The van der Waals surface area contributed by atoms with Crippen molar-refractivity contribution in [2.75, 3.05) is 12.0 Å². The highest BCUT2D eigenvalue weighted by molar-refractivity contribution is 7.98. The number of imidazole rings is 1. The molecule has 0 bridgehead atoms. The summed E-state index contributed by atoms with van der Waals surface area (Å²) in [5.74, 6) is 1.26. The summed E-state index contributed by atoms with van der Waals surface area (Å²) in [5.41, 5.74) is 2.63. The molecule has 1 unspecified atom stereocenters. The Balaban J connectivity index is 1.40. The smallest absolute Gasteiger partial charge is 0.297 e. The molecule has 9 heteroatoms. The number of benzene rings is 2. The molecule has 32 heavy (non-hydrogen) atoms. The minimum atomic E-state index is -0.384. The summed E-state index contributed by atoms with van der Waals surface area (Å²) in [6, 6.07) is 14.8. The molecule has 1 atom stereocenters. The first-order chi connectivity index (χ1) is 15.6. The van der Waals surface area contributed by atoms with Crippen molar-refractivity contribution in [3.8, 4) is 0 Å². The third kappa shape index (κ3) is 3.75. The molecule has 8 nitrogen and oxygen atoms in total. The van der Waals surface area contributed by atoms with E-state index in [4.69, 9.17) is 4.42 Å². The van der Waals surface area contributed by atoms with E-state index in [0.29, 0.717) is 23.3 Å². The predicted molar refractivity (Wildman–Crippen MR) is 126 cm³/mol. The Labute approximate surface area is 187 Å². The van der Waals surface area contributed by atoms with Gasteiger partial charge in [-0.15, -0.1) is 0 Å². The summed E-state index contributed by atoms with van der Waals surface area (Å²) in [6.45, 7) is -0.158. The van der Waals surface area contributed by atoms with Crippen LogP contribution in [0.4, 0.5) is 0 Å². The number of nitrogens with zero attached hydrogens (tertiary/aromatic N) is 3. The summed E-state index contributed by atoms with van der Waals surface area (Å²) in [4.78, 5) is 38.1. The van der Waals surface area contributed by atoms with Gasteiger partial charge in [-0.25, -0.2) is 9.97 Å². The summed E-state index contributed by atoms with van der Waals surface area (Å²) in [6.07, 6.45) is 4.12. The van der Waals surface area contributed by atoms with Crippen molar-refractivity contribution in [3.63, 3.8) is 0 Å². The van der Waals surface area contributed by atoms with Crippen LogP contribution in [0.5, 0.6) is 0 Å². The lowest BCUT2D eigenvalue weighted by Gasteiger charge is -2.16. The van der Waals surface area contributed by atoms with Gasteiger partial charge in [0.25, 0.3) is 5.56 Å². The minimum absolute atomic E-state index is 0.151. The Morgan fingerprint density at radius 1 is 1.22 bits per heavy atom. The maximum absolute atomic E-state index is 12.9. The van der Waals surface area contributed by atoms with Crippen LogP contribution in [-0.2, 0) is 11.3 Å². The average molecular weight is 448 g/mol. The molecule has 3 heterocycles. The molecular formula is C23H21N5O3S. The number of carbonyl (C=O) groups excluding carboxylic acids is 1. The van der Waals surface area contributed by atoms with E-state index in [0.717, 1.165) is 22.2 Å². The summed E-state index contributed by atoms with van der Waals surface area (Å²) in [5, 5.41) is 3.79. The van der Waals surface area contributed by atoms with E-state index in [1.807, 2.05) is 48.7 Å². The van der Waals surface area contributed by atoms with Gasteiger partial charge in [0.2, 0.25) is 11.5 Å². The minimum Gasteiger partial charge on any atom is -0.448 e. The molecule has 0 aliphatic heterocycles. The Kier molecular flexibility index (Phi) is 5.40. The quantitative estimate of drug-likeness (QED) is 0.395. The number of nitrogens with one attached hydrogen (secondary N) is 2. The SMILES string of the molecule is CSCCC(NC(=O)Cn1cnc2c(oc3ccccc32)c1=O)c1nc2ccccc2[nH]1. The average Bonchev–Trinajstić information content (AvgIpc) is 3.40. The molecule has 5 rings (SSSR count). The maximum atomic E-state index is 12.9. The van der Waals surface area contributed by atoms with Gasteiger partial charge in [0.05, 0.1) is 23.4 Å². The second kappa shape index (κ2) is 8.51. The number of aromatic nitrogens is 4. The molecule has 3 aromatic heterocycles. The number of fused-ring (bicyclic) bond motifs is 4. The zero-order valence-electron chi connectivity index (χ0n) is 17.4. The number of rotatable bonds is 7. The second-order valence-electron chi connectivity index (χ2n) is 7.49. The maximum Gasteiger partial charge on any atom is 0.297 e. The Bertz CT molecular complexity index is 1450. The summed E-state index contributed by atoms with van der Waals surface area (Å²) >= 11 is 1.70. The van der Waals surface area contributed by atoms with Crippen LogP contribution in [0.25, 0.3) is 33.1 Å². The number of thioether (sulfide) groups is 1. The molecule has 0 saturated carbocycles. The number of furan rings is 1. The van der Waals surface area contributed by atoms with Gasteiger partial charge in [-0.1, -0.05) is 24.3 Å². The molecule has 2 N–H and O–H groups in total. The van der Waals surface area contributed by atoms with Crippen molar-refractivity contribution in [2.45, 2.75) is 19.0 Å². The number of aromatic amines is 1. The highest BCUT2D eigenvalue weighted by Crippen LogP contribution is 2.24. The molecule has 162 valence electrons. The van der Waals surface area contributed by atoms with Crippen LogP contribution in [0.15, 0.2) is 64.1 Å². The van der Waals surface area contributed by atoms with Gasteiger partial charge in [0, 0.05) is 5.39 Å². The van der Waals surface area contributed by atoms with Crippen LogP contribution < -0.4 is 10.9 Å². The highest BCUT2D eigenvalue weighted by atomic mass is 32.2. The predicted octanol–water partition coefficient (Wildman–Crippen LogP) is 3.63. The zero-order chi connectivity index (χ0) is 22.1. The molecule has 0 fully saturated rings. The fourth-order valence-corrected chi connectivity index (χ4v) is 4.24. The fourth-order valence-electron chi connectivity index (χ4n) is 3.77. The van der Waals surface area contributed by atoms with Crippen molar-refractivity contribution < 1.29 is 9.21 Å². The monoisotopic (exact) mass is 447 g/mol. The van der Waals surface area contributed by atoms with Gasteiger partial charge >= 0.3 is 0 Å². The van der Waals surface area contributed by atoms with E-state index in [9.17, 15) is 9.59 Å². The largest absolute Gasteiger partial charge is 0.448 e. The highest BCUT2D eigenvalue weighted by Gasteiger charge is 2.20. The first-order valence-corrected chi connectivity index (χ1v) is 11.6. The first-order valence-electron chi connectivity index (χ1n) is 10.2. The lowest BCUT2D eigenvalue weighted by Crippen LogP contribution is -2.35. The van der Waals surface area contributed by atoms with Gasteiger partial charge in [-0.2, -0.15) is 11.8 Å². The van der Waals surface area contributed by atoms with E-state index in [1.54, 1.807) is 17.8 Å². The molecule has 0 aliphatic carbocycles. The molecular weight excluding hydrogens is 426 g/mol. The molecule has 0 aliphatic rings. The Morgan fingerprint density at radius 2 is 2.03 bits per heavy atom. The Hall–Kier alpha value is -3.59. The van der Waals surface area contributed by atoms with E-state index in [-0.39, 0.29) is 29.6 Å². The van der Waals surface area contributed by atoms with Crippen LogP contribution in [0.2, 0.25) is 0 Å². The van der Waals surface area contributed by atoms with E-state index < -0.39 is 0 Å². The molecule has 1 amide bonds. The Morgan fingerprint density at radius 3 is 2.88 bits per heavy atom. The lowest BCUT2D eigenvalue weighted by molar-refractivity contribution is -0.122. The number of carbonyl (C=O) groups is 1. The van der Waals surface area contributed by atoms with Crippen molar-refractivity contribution in [1.29, 1.82) is 0 Å². The van der Waals surface area contributed by atoms with E-state index >= 15 is 0 Å². The number of H-pyrrole nitrogens is 1. The normalized spacial score (nSPS) is 12.5. The summed E-state index contributed by atoms with van der Waals surface area (Å²) < 4.78 is 6.97. The van der Waals surface area contributed by atoms with Gasteiger partial charge in [0.15, 0.2) is 0 Å². The van der Waals surface area contributed by atoms with E-state index in [1.165, 1.54) is 10.9 Å². The molecule has 0 radical (unpaired) electrons. The lowest BCUT2D eigenvalue weighted by atomic mass is 10.2. The fraction of sp³-hybridized carbons (Fsp3) is 0.217. The van der Waals surface area contributed by atoms with Crippen molar-refractivity contribution in [2.24, 2.45) is 0 Å². The van der Waals surface area contributed by atoms with Crippen LogP contribution >= 0.6 is 11.8 Å². The van der Waals surface area contributed by atoms with Crippen LogP contribution in [0, 0.1) is 0 Å². The third-order valence-corrected chi connectivity index (χ3v) is 5.99. The molecule has 0 spiro atoms. The number of hydrogen-bond donors (Lipinski definition) is 2. The van der Waals surface area contributed by atoms with Gasteiger partial charge in [-0.05, 0) is 42.7 Å². The molecule has 0 saturated heterocycles. The zero-order valence-corrected chi connectivity index (χ0v) is 18.2. The number of amides is 1. The van der Waals surface area contributed by atoms with Crippen LogP contribution in [-0.4, -0.2) is 37.4 Å². The van der Waals surface area contributed by atoms with Gasteiger partial charge in [-0.3, -0.25) is 14.2 Å². The van der Waals surface area contributed by atoms with Crippen molar-refractivity contribution in [1.82, 2.24) is 24.8 Å².